The van der Waals surface area contributed by atoms with E-state index in [4.69, 9.17) is 4.74 Å². The van der Waals surface area contributed by atoms with Crippen LogP contribution in [-0.2, 0) is 11.2 Å². The fourth-order valence-corrected chi connectivity index (χ4v) is 1.99. The van der Waals surface area contributed by atoms with E-state index in [-0.39, 0.29) is 6.09 Å². The smallest absolute Gasteiger partial charge is 0.410 e. The normalized spacial score (nSPS) is 16.3. The monoisotopic (exact) mass is 248 g/mol. The highest BCUT2D eigenvalue weighted by Gasteiger charge is 2.33. The Morgan fingerprint density at radius 1 is 1.44 bits per heavy atom. The molecule has 98 valence electrons. The van der Waals surface area contributed by atoms with Gasteiger partial charge in [-0.3, -0.25) is 4.98 Å². The van der Waals surface area contributed by atoms with E-state index in [9.17, 15) is 4.79 Å². The van der Waals surface area contributed by atoms with Crippen LogP contribution in [0.4, 0.5) is 4.79 Å². The summed E-state index contributed by atoms with van der Waals surface area (Å²) in [5.41, 5.74) is 0.676. The number of carbonyl (C=O) groups excluding carboxylic acids is 1. The molecular formula is C14H20N2O2. The Balaban J connectivity index is 1.76. The summed E-state index contributed by atoms with van der Waals surface area (Å²) in [6, 6.07) is 5.93. The largest absolute Gasteiger partial charge is 0.444 e. The number of aromatic nitrogens is 1. The Hall–Kier alpha value is -1.58. The van der Waals surface area contributed by atoms with Crippen molar-refractivity contribution in [3.63, 3.8) is 0 Å². The Bertz CT molecular complexity index is 406. The predicted octanol–water partition coefficient (Wildman–Crippen LogP) is 2.49. The zero-order valence-corrected chi connectivity index (χ0v) is 11.2. The molecule has 0 unspecified atom stereocenters. The van der Waals surface area contributed by atoms with E-state index in [2.05, 4.69) is 4.98 Å². The highest BCUT2D eigenvalue weighted by atomic mass is 16.6. The van der Waals surface area contributed by atoms with Crippen LogP contribution in [0.5, 0.6) is 0 Å². The first kappa shape index (κ1) is 12.9. The van der Waals surface area contributed by atoms with Gasteiger partial charge in [-0.15, -0.1) is 0 Å². The molecule has 1 saturated heterocycles. The molecule has 2 rings (SSSR count). The molecule has 1 aromatic heterocycles. The first-order valence-corrected chi connectivity index (χ1v) is 6.32. The quantitative estimate of drug-likeness (QED) is 0.807. The molecular weight excluding hydrogens is 228 g/mol. The summed E-state index contributed by atoms with van der Waals surface area (Å²) in [4.78, 5) is 17.8. The fourth-order valence-electron chi connectivity index (χ4n) is 1.99. The lowest BCUT2D eigenvalue weighted by Gasteiger charge is -2.39. The predicted molar refractivity (Wildman–Crippen MR) is 69.2 cm³/mol. The molecule has 4 nitrogen and oxygen atoms in total. The van der Waals surface area contributed by atoms with Crippen LogP contribution in [0, 0.1) is 5.92 Å². The van der Waals surface area contributed by atoms with Crippen LogP contribution in [0.2, 0.25) is 0 Å². The number of hydrogen-bond donors (Lipinski definition) is 0. The van der Waals surface area contributed by atoms with Crippen molar-refractivity contribution in [2.75, 3.05) is 13.1 Å². The van der Waals surface area contributed by atoms with E-state index in [0.717, 1.165) is 25.2 Å². The maximum Gasteiger partial charge on any atom is 0.410 e. The minimum atomic E-state index is -0.414. The number of likely N-dealkylation sites (tertiary alicyclic amines) is 1. The Kier molecular flexibility index (Phi) is 3.55. The molecule has 4 heteroatoms. The first-order valence-electron chi connectivity index (χ1n) is 6.32. The second-order valence-corrected chi connectivity index (χ2v) is 5.78. The first-order chi connectivity index (χ1) is 8.44. The van der Waals surface area contributed by atoms with Gasteiger partial charge in [0, 0.05) is 25.0 Å². The maximum atomic E-state index is 11.7. The van der Waals surface area contributed by atoms with Gasteiger partial charge in [0.2, 0.25) is 0 Å². The molecule has 0 N–H and O–H groups in total. The van der Waals surface area contributed by atoms with Crippen molar-refractivity contribution in [2.45, 2.75) is 32.8 Å². The Morgan fingerprint density at radius 3 is 2.72 bits per heavy atom. The third-order valence-electron chi connectivity index (χ3n) is 2.83. The molecule has 1 aliphatic rings. The molecule has 18 heavy (non-hydrogen) atoms. The summed E-state index contributed by atoms with van der Waals surface area (Å²) in [5, 5.41) is 0. The average Bonchev–Trinajstić information content (AvgIpc) is 2.21. The van der Waals surface area contributed by atoms with Crippen LogP contribution < -0.4 is 0 Å². The molecule has 0 bridgehead atoms. The van der Waals surface area contributed by atoms with Gasteiger partial charge in [0.05, 0.1) is 0 Å². The number of nitrogens with zero attached hydrogens (tertiary/aromatic N) is 2. The second-order valence-electron chi connectivity index (χ2n) is 5.78. The molecule has 2 heterocycles. The zero-order valence-electron chi connectivity index (χ0n) is 11.2. The third-order valence-corrected chi connectivity index (χ3v) is 2.83. The van der Waals surface area contributed by atoms with Gasteiger partial charge in [0.1, 0.15) is 5.60 Å². The summed E-state index contributed by atoms with van der Waals surface area (Å²) in [7, 11) is 0. The molecule has 1 fully saturated rings. The second kappa shape index (κ2) is 4.96. The summed E-state index contributed by atoms with van der Waals surface area (Å²) in [6.45, 7) is 7.19. The lowest BCUT2D eigenvalue weighted by molar-refractivity contribution is -0.00100. The van der Waals surface area contributed by atoms with Crippen molar-refractivity contribution >= 4 is 6.09 Å². The van der Waals surface area contributed by atoms with E-state index in [1.54, 1.807) is 11.1 Å². The van der Waals surface area contributed by atoms with Gasteiger partial charge in [-0.1, -0.05) is 6.07 Å². The average molecular weight is 248 g/mol. The molecule has 0 spiro atoms. The highest BCUT2D eigenvalue weighted by molar-refractivity contribution is 5.69. The zero-order chi connectivity index (χ0) is 13.2. The van der Waals surface area contributed by atoms with E-state index < -0.39 is 5.60 Å². The van der Waals surface area contributed by atoms with Crippen LogP contribution in [0.15, 0.2) is 24.4 Å². The Labute approximate surface area is 108 Å². The van der Waals surface area contributed by atoms with Crippen LogP contribution in [0.1, 0.15) is 26.5 Å². The molecule has 0 saturated carbocycles. The van der Waals surface area contributed by atoms with Crippen molar-refractivity contribution in [1.29, 1.82) is 0 Å². The van der Waals surface area contributed by atoms with Crippen molar-refractivity contribution in [3.05, 3.63) is 30.1 Å². The number of hydrogen-bond acceptors (Lipinski definition) is 3. The summed E-state index contributed by atoms with van der Waals surface area (Å²) < 4.78 is 5.31. The fraction of sp³-hybridized carbons (Fsp3) is 0.571. The van der Waals surface area contributed by atoms with Gasteiger partial charge >= 0.3 is 6.09 Å². The van der Waals surface area contributed by atoms with E-state index >= 15 is 0 Å². The lowest BCUT2D eigenvalue weighted by Crippen LogP contribution is -2.52. The van der Waals surface area contributed by atoms with Crippen LogP contribution >= 0.6 is 0 Å². The maximum absolute atomic E-state index is 11.7. The van der Waals surface area contributed by atoms with Crippen molar-refractivity contribution in [1.82, 2.24) is 9.88 Å². The van der Waals surface area contributed by atoms with Gasteiger partial charge in [-0.2, -0.15) is 0 Å². The molecule has 0 atom stereocenters. The molecule has 1 aromatic rings. The number of rotatable bonds is 2. The van der Waals surface area contributed by atoms with Gasteiger partial charge in [-0.05, 0) is 45.2 Å². The lowest BCUT2D eigenvalue weighted by atomic mass is 9.95. The van der Waals surface area contributed by atoms with Crippen LogP contribution in [0.25, 0.3) is 0 Å². The minimum absolute atomic E-state index is 0.209. The van der Waals surface area contributed by atoms with Gasteiger partial charge < -0.3 is 9.64 Å². The van der Waals surface area contributed by atoms with Crippen molar-refractivity contribution in [2.24, 2.45) is 5.92 Å². The standard InChI is InChI=1S/C14H20N2O2/c1-14(2,3)18-13(17)16-9-11(10-16)8-12-6-4-5-7-15-12/h4-7,11H,8-10H2,1-3H3. The SMILES string of the molecule is CC(C)(C)OC(=O)N1CC(Cc2ccccn2)C1. The van der Waals surface area contributed by atoms with Gasteiger partial charge in [0.25, 0.3) is 0 Å². The molecule has 1 amide bonds. The Morgan fingerprint density at radius 2 is 2.17 bits per heavy atom. The number of pyridine rings is 1. The topological polar surface area (TPSA) is 42.4 Å². The highest BCUT2D eigenvalue weighted by Crippen LogP contribution is 2.22. The molecule has 0 aromatic carbocycles. The van der Waals surface area contributed by atoms with Crippen LogP contribution in [-0.4, -0.2) is 34.7 Å². The summed E-state index contributed by atoms with van der Waals surface area (Å²) in [5.74, 6) is 0.507. The van der Waals surface area contributed by atoms with Crippen LogP contribution in [0.3, 0.4) is 0 Å². The number of ether oxygens (including phenoxy) is 1. The van der Waals surface area contributed by atoms with E-state index in [0.29, 0.717) is 5.92 Å². The van der Waals surface area contributed by atoms with Crippen molar-refractivity contribution < 1.29 is 9.53 Å². The van der Waals surface area contributed by atoms with E-state index in [1.165, 1.54) is 0 Å². The number of carbonyl (C=O) groups is 1. The third kappa shape index (κ3) is 3.45. The molecule has 0 radical (unpaired) electrons. The van der Waals surface area contributed by atoms with Gasteiger partial charge in [-0.25, -0.2) is 4.79 Å². The number of amides is 1. The minimum Gasteiger partial charge on any atom is -0.444 e. The molecule has 0 aliphatic carbocycles. The van der Waals surface area contributed by atoms with Crippen molar-refractivity contribution in [3.8, 4) is 0 Å². The van der Waals surface area contributed by atoms with E-state index in [1.807, 2.05) is 39.0 Å². The molecule has 1 aliphatic heterocycles. The summed E-state index contributed by atoms with van der Waals surface area (Å²) in [6.07, 6.45) is 2.53. The van der Waals surface area contributed by atoms with Gasteiger partial charge in [0.15, 0.2) is 0 Å². The summed E-state index contributed by atoms with van der Waals surface area (Å²) >= 11 is 0.